The van der Waals surface area contributed by atoms with Gasteiger partial charge in [-0.25, -0.2) is 4.98 Å². The lowest BCUT2D eigenvalue weighted by molar-refractivity contribution is 0.103. The monoisotopic (exact) mass is 411 g/mol. The maximum absolute atomic E-state index is 13.3. The van der Waals surface area contributed by atoms with E-state index in [0.29, 0.717) is 35.3 Å². The van der Waals surface area contributed by atoms with Crippen molar-refractivity contribution in [1.29, 1.82) is 5.26 Å². The topological polar surface area (TPSA) is 75.8 Å². The van der Waals surface area contributed by atoms with E-state index in [1.54, 1.807) is 30.5 Å². The van der Waals surface area contributed by atoms with E-state index in [4.69, 9.17) is 5.26 Å². The van der Waals surface area contributed by atoms with Gasteiger partial charge in [-0.05, 0) is 51.5 Å². The maximum atomic E-state index is 13.3. The first-order chi connectivity index (χ1) is 14.8. The number of carbonyl (C=O) groups is 1. The largest absolute Gasteiger partial charge is 0.340 e. The summed E-state index contributed by atoms with van der Waals surface area (Å²) in [6.45, 7) is 8.21. The minimum atomic E-state index is -0.273. The number of para-hydroxylation sites is 1. The third kappa shape index (κ3) is 4.70. The van der Waals surface area contributed by atoms with E-state index in [-0.39, 0.29) is 16.8 Å². The van der Waals surface area contributed by atoms with Crippen molar-refractivity contribution in [3.63, 3.8) is 0 Å². The van der Waals surface area contributed by atoms with Crippen LogP contribution in [0.5, 0.6) is 0 Å². The predicted molar refractivity (Wildman–Crippen MR) is 123 cm³/mol. The van der Waals surface area contributed by atoms with Gasteiger partial charge in [0.25, 0.3) is 0 Å². The van der Waals surface area contributed by atoms with E-state index >= 15 is 0 Å². The van der Waals surface area contributed by atoms with E-state index in [2.05, 4.69) is 4.98 Å². The molecule has 2 heterocycles. The minimum absolute atomic E-state index is 0.143. The van der Waals surface area contributed by atoms with Crippen LogP contribution in [-0.4, -0.2) is 15.3 Å². The number of ketones is 1. The van der Waals surface area contributed by atoms with Gasteiger partial charge < -0.3 is 4.57 Å². The second-order valence-electron chi connectivity index (χ2n) is 7.68. The summed E-state index contributed by atoms with van der Waals surface area (Å²) in [5, 5.41) is 9.62. The van der Waals surface area contributed by atoms with Crippen molar-refractivity contribution in [3.8, 4) is 6.07 Å². The number of nitrogens with zero attached hydrogens (tertiary/aromatic N) is 3. The number of allylic oxidation sites excluding steroid dienone is 4. The smallest absolute Gasteiger partial charge is 0.200 e. The van der Waals surface area contributed by atoms with Gasteiger partial charge in [0.15, 0.2) is 5.78 Å². The first-order valence-electron chi connectivity index (χ1n) is 10.2. The summed E-state index contributed by atoms with van der Waals surface area (Å²) in [6, 6.07) is 14.5. The normalized spacial score (nSPS) is 11.3. The van der Waals surface area contributed by atoms with Crippen LogP contribution in [-0.2, 0) is 6.54 Å². The number of nitriles is 1. The zero-order valence-corrected chi connectivity index (χ0v) is 18.3. The standard InChI is InChI=1S/C26H25N3O2/c1-5-19(13-18(4)17(2)3)25(30)23-16-29(15-21-10-8-9-20(14-27)28-21)24-12-7-6-11-22(24)26(23)31/h6-13,16H,5,15H2,1-4H3/b19-13+. The average Bonchev–Trinajstić information content (AvgIpc) is 2.78. The van der Waals surface area contributed by atoms with Crippen molar-refractivity contribution in [2.24, 2.45) is 0 Å². The van der Waals surface area contributed by atoms with Crippen molar-refractivity contribution in [3.05, 3.63) is 98.6 Å². The van der Waals surface area contributed by atoms with Crippen molar-refractivity contribution in [1.82, 2.24) is 9.55 Å². The van der Waals surface area contributed by atoms with Crippen LogP contribution in [0, 0.1) is 11.3 Å². The number of rotatable bonds is 6. The first-order valence-corrected chi connectivity index (χ1v) is 10.2. The third-order valence-electron chi connectivity index (χ3n) is 5.34. The number of pyridine rings is 2. The summed E-state index contributed by atoms with van der Waals surface area (Å²) >= 11 is 0. The van der Waals surface area contributed by atoms with Gasteiger partial charge in [0.05, 0.1) is 23.3 Å². The van der Waals surface area contributed by atoms with Gasteiger partial charge in [0.2, 0.25) is 5.43 Å². The predicted octanol–water partition coefficient (Wildman–Crippen LogP) is 5.19. The molecule has 0 bridgehead atoms. The van der Waals surface area contributed by atoms with Gasteiger partial charge in [-0.15, -0.1) is 0 Å². The Balaban J connectivity index is 2.18. The molecule has 3 rings (SSSR count). The van der Waals surface area contributed by atoms with Gasteiger partial charge in [0.1, 0.15) is 11.8 Å². The van der Waals surface area contributed by atoms with Crippen molar-refractivity contribution < 1.29 is 4.79 Å². The number of benzene rings is 1. The molecule has 2 aromatic heterocycles. The number of Topliss-reactive ketones (excluding diaryl/α,β-unsaturated/α-hetero) is 1. The molecule has 0 saturated heterocycles. The Morgan fingerprint density at radius 1 is 1.13 bits per heavy atom. The number of carbonyl (C=O) groups excluding carboxylic acids is 1. The van der Waals surface area contributed by atoms with Gasteiger partial charge in [-0.3, -0.25) is 9.59 Å². The zero-order valence-electron chi connectivity index (χ0n) is 18.3. The van der Waals surface area contributed by atoms with Crippen LogP contribution in [0.25, 0.3) is 10.9 Å². The molecular weight excluding hydrogens is 386 g/mol. The number of aromatic nitrogens is 2. The summed E-state index contributed by atoms with van der Waals surface area (Å²) < 4.78 is 1.86. The van der Waals surface area contributed by atoms with Crippen LogP contribution >= 0.6 is 0 Å². The summed E-state index contributed by atoms with van der Waals surface area (Å²) in [6.07, 6.45) is 4.02. The van der Waals surface area contributed by atoms with Crippen LogP contribution in [0.4, 0.5) is 0 Å². The van der Waals surface area contributed by atoms with Crippen LogP contribution in [0.1, 0.15) is 55.9 Å². The number of fused-ring (bicyclic) bond motifs is 1. The lowest BCUT2D eigenvalue weighted by Crippen LogP contribution is -2.21. The Morgan fingerprint density at radius 2 is 1.87 bits per heavy atom. The lowest BCUT2D eigenvalue weighted by Gasteiger charge is -2.14. The van der Waals surface area contributed by atoms with Gasteiger partial charge in [-0.2, -0.15) is 5.26 Å². The van der Waals surface area contributed by atoms with Crippen molar-refractivity contribution >= 4 is 16.7 Å². The highest BCUT2D eigenvalue weighted by atomic mass is 16.1. The molecule has 0 aliphatic heterocycles. The molecule has 156 valence electrons. The molecule has 1 aromatic carbocycles. The molecule has 3 aromatic rings. The van der Waals surface area contributed by atoms with E-state index in [9.17, 15) is 9.59 Å². The number of hydrogen-bond acceptors (Lipinski definition) is 4. The lowest BCUT2D eigenvalue weighted by atomic mass is 9.97. The maximum Gasteiger partial charge on any atom is 0.200 e. The van der Waals surface area contributed by atoms with Crippen LogP contribution < -0.4 is 5.43 Å². The molecule has 0 spiro atoms. The molecular formula is C26H25N3O2. The van der Waals surface area contributed by atoms with Crippen molar-refractivity contribution in [2.75, 3.05) is 0 Å². The fraction of sp³-hybridized carbons (Fsp3) is 0.231. The van der Waals surface area contributed by atoms with E-state index in [1.807, 2.05) is 62.6 Å². The molecule has 0 aliphatic rings. The second kappa shape index (κ2) is 9.36. The molecule has 31 heavy (non-hydrogen) atoms. The average molecular weight is 412 g/mol. The molecule has 0 atom stereocenters. The molecule has 0 saturated carbocycles. The Bertz CT molecular complexity index is 1320. The van der Waals surface area contributed by atoms with Crippen LogP contribution in [0.2, 0.25) is 0 Å². The highest BCUT2D eigenvalue weighted by molar-refractivity contribution is 6.10. The SMILES string of the molecule is CC/C(=C\C(C)=C(C)C)C(=O)c1cn(Cc2cccc(C#N)n2)c2ccccc2c1=O. The third-order valence-corrected chi connectivity index (χ3v) is 5.34. The molecule has 0 radical (unpaired) electrons. The molecule has 5 heteroatoms. The number of hydrogen-bond donors (Lipinski definition) is 0. The second-order valence-corrected chi connectivity index (χ2v) is 7.68. The van der Waals surface area contributed by atoms with Crippen molar-refractivity contribution in [2.45, 2.75) is 40.7 Å². The highest BCUT2D eigenvalue weighted by Gasteiger charge is 2.18. The van der Waals surface area contributed by atoms with Gasteiger partial charge in [-0.1, -0.05) is 42.3 Å². The fourth-order valence-electron chi connectivity index (χ4n) is 3.35. The molecule has 0 fully saturated rings. The quantitative estimate of drug-likeness (QED) is 0.318. The molecule has 0 unspecified atom stereocenters. The Kier molecular flexibility index (Phi) is 6.61. The summed E-state index contributed by atoms with van der Waals surface area (Å²) in [5.74, 6) is -0.258. The van der Waals surface area contributed by atoms with E-state index < -0.39 is 0 Å². The first kappa shape index (κ1) is 21.9. The molecule has 5 nitrogen and oxygen atoms in total. The summed E-state index contributed by atoms with van der Waals surface area (Å²) in [5.41, 5.74) is 4.33. The molecule has 0 aliphatic carbocycles. The van der Waals surface area contributed by atoms with E-state index in [1.165, 1.54) is 0 Å². The van der Waals surface area contributed by atoms with Crippen LogP contribution in [0.3, 0.4) is 0 Å². The molecule has 0 N–H and O–H groups in total. The Labute approximate surface area is 182 Å². The highest BCUT2D eigenvalue weighted by Crippen LogP contribution is 2.18. The summed E-state index contributed by atoms with van der Waals surface area (Å²) in [4.78, 5) is 30.9. The van der Waals surface area contributed by atoms with Gasteiger partial charge in [0, 0.05) is 17.2 Å². The Morgan fingerprint density at radius 3 is 2.55 bits per heavy atom. The zero-order chi connectivity index (χ0) is 22.5. The summed E-state index contributed by atoms with van der Waals surface area (Å²) in [7, 11) is 0. The minimum Gasteiger partial charge on any atom is -0.340 e. The van der Waals surface area contributed by atoms with Crippen LogP contribution in [0.15, 0.2) is 76.3 Å². The Hall–Kier alpha value is -3.78. The van der Waals surface area contributed by atoms with E-state index in [0.717, 1.165) is 16.7 Å². The fourth-order valence-corrected chi connectivity index (χ4v) is 3.35. The molecule has 0 amide bonds. The van der Waals surface area contributed by atoms with Gasteiger partial charge >= 0.3 is 0 Å².